The first kappa shape index (κ1) is 19.1. The van der Waals surface area contributed by atoms with E-state index in [0.717, 1.165) is 18.4 Å². The van der Waals surface area contributed by atoms with Crippen LogP contribution in [0.2, 0.25) is 0 Å². The smallest absolute Gasteiger partial charge is 0.259 e. The minimum atomic E-state index is -0.907. The van der Waals surface area contributed by atoms with Gasteiger partial charge in [-0.3, -0.25) is 9.59 Å². The molecule has 2 aliphatic heterocycles. The zero-order valence-electron chi connectivity index (χ0n) is 14.8. The number of hydrogen-bond acceptors (Lipinski definition) is 4. The number of hydrogen-bond donors (Lipinski definition) is 1. The second-order valence-corrected chi connectivity index (χ2v) is 6.95. The number of amides is 2. The van der Waals surface area contributed by atoms with Crippen LogP contribution in [-0.2, 0) is 24.7 Å². The zero-order chi connectivity index (χ0) is 18.4. The lowest BCUT2D eigenvalue weighted by Gasteiger charge is -2.34. The Kier molecular flexibility index (Phi) is 6.51. The van der Waals surface area contributed by atoms with Gasteiger partial charge in [0.05, 0.1) is 6.10 Å². The molecule has 2 amide bonds. The van der Waals surface area contributed by atoms with Gasteiger partial charge in [-0.25, -0.2) is 0 Å². The van der Waals surface area contributed by atoms with Crippen molar-refractivity contribution >= 4 is 23.4 Å². The Morgan fingerprint density at radius 3 is 2.73 bits per heavy atom. The molecular weight excluding hydrogens is 356 g/mol. The van der Waals surface area contributed by atoms with Gasteiger partial charge in [-0.1, -0.05) is 30.3 Å². The van der Waals surface area contributed by atoms with E-state index in [2.05, 4.69) is 5.32 Å². The minimum absolute atomic E-state index is 0.0135. The van der Waals surface area contributed by atoms with Crippen molar-refractivity contribution in [3.05, 3.63) is 35.9 Å². The molecule has 2 atom stereocenters. The molecule has 0 aliphatic carbocycles. The molecule has 0 radical (unpaired) electrons. The molecule has 0 aromatic heterocycles. The maximum Gasteiger partial charge on any atom is 0.259 e. The fourth-order valence-electron chi connectivity index (χ4n) is 3.60. The first-order valence-corrected chi connectivity index (χ1v) is 9.62. The maximum absolute atomic E-state index is 13.5. The lowest BCUT2D eigenvalue weighted by molar-refractivity contribution is -0.155. The van der Waals surface area contributed by atoms with E-state index in [1.54, 1.807) is 0 Å². The third-order valence-corrected chi connectivity index (χ3v) is 5.14. The van der Waals surface area contributed by atoms with Gasteiger partial charge in [0.2, 0.25) is 5.91 Å². The molecule has 142 valence electrons. The summed E-state index contributed by atoms with van der Waals surface area (Å²) in [6, 6.07) is 9.71. The topological polar surface area (TPSA) is 67.9 Å². The third kappa shape index (κ3) is 4.19. The summed E-state index contributed by atoms with van der Waals surface area (Å²) in [6.07, 6.45) is 2.06. The monoisotopic (exact) mass is 380 g/mol. The predicted molar refractivity (Wildman–Crippen MR) is 98.0 cm³/mol. The van der Waals surface area contributed by atoms with Gasteiger partial charge in [0.1, 0.15) is 5.88 Å². The first-order valence-electron chi connectivity index (χ1n) is 9.09. The average Bonchev–Trinajstić information content (AvgIpc) is 3.07. The molecule has 2 fully saturated rings. The van der Waals surface area contributed by atoms with E-state index in [1.165, 1.54) is 0 Å². The van der Waals surface area contributed by atoms with Crippen molar-refractivity contribution in [3.63, 3.8) is 0 Å². The van der Waals surface area contributed by atoms with Crippen LogP contribution >= 0.6 is 11.6 Å². The van der Waals surface area contributed by atoms with E-state index < -0.39 is 5.60 Å². The van der Waals surface area contributed by atoms with Crippen molar-refractivity contribution in [1.29, 1.82) is 0 Å². The van der Waals surface area contributed by atoms with Gasteiger partial charge in [-0.05, 0) is 24.8 Å². The number of nitrogens with zero attached hydrogens (tertiary/aromatic N) is 1. The quantitative estimate of drug-likeness (QED) is 0.789. The molecule has 26 heavy (non-hydrogen) atoms. The number of halogens is 1. The highest BCUT2D eigenvalue weighted by Gasteiger charge is 2.47. The molecule has 1 aromatic carbocycles. The maximum atomic E-state index is 13.5. The van der Waals surface area contributed by atoms with Crippen LogP contribution in [0.15, 0.2) is 30.3 Å². The van der Waals surface area contributed by atoms with Crippen LogP contribution in [0, 0.1) is 0 Å². The molecule has 0 saturated carbocycles. The van der Waals surface area contributed by atoms with Crippen molar-refractivity contribution < 1.29 is 19.1 Å². The molecule has 2 heterocycles. The molecule has 3 rings (SSSR count). The summed E-state index contributed by atoms with van der Waals surface area (Å²) in [5.41, 5.74) is -0.00474. The fraction of sp³-hybridized carbons (Fsp3) is 0.579. The second-order valence-electron chi connectivity index (χ2n) is 6.68. The molecule has 2 saturated heterocycles. The van der Waals surface area contributed by atoms with E-state index in [4.69, 9.17) is 21.1 Å². The van der Waals surface area contributed by atoms with Crippen LogP contribution in [0.1, 0.15) is 24.8 Å². The van der Waals surface area contributed by atoms with Gasteiger partial charge in [-0.2, -0.15) is 0 Å². The Morgan fingerprint density at radius 2 is 2.04 bits per heavy atom. The average molecular weight is 381 g/mol. The molecule has 0 spiro atoms. The van der Waals surface area contributed by atoms with Crippen molar-refractivity contribution in [1.82, 2.24) is 10.2 Å². The second kappa shape index (κ2) is 8.84. The Labute approximate surface area is 158 Å². The summed E-state index contributed by atoms with van der Waals surface area (Å²) in [4.78, 5) is 26.7. The Hall–Kier alpha value is -1.63. The first-order chi connectivity index (χ1) is 12.7. The highest BCUT2D eigenvalue weighted by atomic mass is 35.5. The van der Waals surface area contributed by atoms with Gasteiger partial charge < -0.3 is 19.7 Å². The minimum Gasteiger partial charge on any atom is -0.374 e. The van der Waals surface area contributed by atoms with Gasteiger partial charge in [0.15, 0.2) is 5.60 Å². The van der Waals surface area contributed by atoms with Gasteiger partial charge in [0.25, 0.3) is 5.91 Å². The number of ether oxygens (including phenoxy) is 2. The zero-order valence-corrected chi connectivity index (χ0v) is 15.5. The summed E-state index contributed by atoms with van der Waals surface area (Å²) in [5.74, 6) is -0.335. The van der Waals surface area contributed by atoms with Crippen LogP contribution in [-0.4, -0.2) is 61.5 Å². The summed E-state index contributed by atoms with van der Waals surface area (Å²) in [7, 11) is 0. The Bertz CT molecular complexity index is 619. The van der Waals surface area contributed by atoms with Gasteiger partial charge in [0, 0.05) is 32.8 Å². The number of rotatable bonds is 5. The van der Waals surface area contributed by atoms with E-state index >= 15 is 0 Å². The summed E-state index contributed by atoms with van der Waals surface area (Å²) < 4.78 is 11.8. The molecule has 0 bridgehead atoms. The molecule has 7 heteroatoms. The lowest BCUT2D eigenvalue weighted by atomic mass is 9.89. The van der Waals surface area contributed by atoms with E-state index in [0.29, 0.717) is 39.3 Å². The Balaban J connectivity index is 1.74. The van der Waals surface area contributed by atoms with Crippen molar-refractivity contribution in [2.24, 2.45) is 0 Å². The molecule has 1 aromatic rings. The van der Waals surface area contributed by atoms with Crippen LogP contribution < -0.4 is 5.32 Å². The van der Waals surface area contributed by atoms with Crippen LogP contribution in [0.25, 0.3) is 0 Å². The molecule has 2 aliphatic rings. The highest BCUT2D eigenvalue weighted by Crippen LogP contribution is 2.38. The fourth-order valence-corrected chi connectivity index (χ4v) is 3.69. The summed E-state index contributed by atoms with van der Waals surface area (Å²) >= 11 is 5.52. The lowest BCUT2D eigenvalue weighted by Crippen LogP contribution is -2.50. The van der Waals surface area contributed by atoms with Crippen molar-refractivity contribution in [2.75, 3.05) is 38.7 Å². The molecular formula is C19H25ClN2O4. The largest absolute Gasteiger partial charge is 0.374 e. The van der Waals surface area contributed by atoms with Crippen LogP contribution in [0.3, 0.4) is 0 Å². The van der Waals surface area contributed by atoms with E-state index in [-0.39, 0.29) is 23.8 Å². The molecule has 1 N–H and O–H groups in total. The highest BCUT2D eigenvalue weighted by molar-refractivity contribution is 6.27. The molecule has 2 unspecified atom stereocenters. The van der Waals surface area contributed by atoms with E-state index in [9.17, 15) is 9.59 Å². The van der Waals surface area contributed by atoms with E-state index in [1.807, 2.05) is 35.2 Å². The van der Waals surface area contributed by atoms with Gasteiger partial charge in [-0.15, -0.1) is 11.6 Å². The SMILES string of the molecule is O=C(CCl)NCC1CN(C(=O)C2(c3ccccc3)CCCO2)CCCO1. The van der Waals surface area contributed by atoms with Gasteiger partial charge >= 0.3 is 0 Å². The number of benzene rings is 1. The number of carbonyl (C=O) groups excluding carboxylic acids is 2. The number of carbonyl (C=O) groups is 2. The van der Waals surface area contributed by atoms with Crippen LogP contribution in [0.4, 0.5) is 0 Å². The number of alkyl halides is 1. The summed E-state index contributed by atoms with van der Waals surface area (Å²) in [6.45, 7) is 2.54. The standard InChI is InChI=1S/C19H25ClN2O4/c20-12-17(23)21-13-16-14-22(9-5-10-25-16)18(24)19(8-4-11-26-19)15-6-2-1-3-7-15/h1-3,6-7,16H,4-5,8-14H2,(H,21,23). The number of nitrogens with one attached hydrogen (secondary N) is 1. The Morgan fingerprint density at radius 1 is 1.23 bits per heavy atom. The van der Waals surface area contributed by atoms with Crippen LogP contribution in [0.5, 0.6) is 0 Å². The normalized spacial score (nSPS) is 26.3. The van der Waals surface area contributed by atoms with Crippen molar-refractivity contribution in [2.45, 2.75) is 31.0 Å². The molecule has 6 nitrogen and oxygen atoms in total. The van der Waals surface area contributed by atoms with Crippen molar-refractivity contribution in [3.8, 4) is 0 Å². The third-order valence-electron chi connectivity index (χ3n) is 4.89. The predicted octanol–water partition coefficient (Wildman–Crippen LogP) is 1.66. The summed E-state index contributed by atoms with van der Waals surface area (Å²) in [5, 5.41) is 2.73.